The number of para-hydroxylation sites is 1. The predicted molar refractivity (Wildman–Crippen MR) is 68.3 cm³/mol. The number of nitrogens with zero attached hydrogens (tertiary/aromatic N) is 2. The zero-order chi connectivity index (χ0) is 11.8. The van der Waals surface area contributed by atoms with Gasteiger partial charge in [-0.3, -0.25) is 5.43 Å². The van der Waals surface area contributed by atoms with E-state index in [1.165, 1.54) is 0 Å². The molecule has 1 N–H and O–H groups in total. The van der Waals surface area contributed by atoms with Gasteiger partial charge < -0.3 is 4.74 Å². The number of rotatable bonds is 5. The van der Waals surface area contributed by atoms with Gasteiger partial charge in [0.05, 0.1) is 6.21 Å². The standard InChI is InChI=1S/C13H13N3O/c1-2-6-12(7-3-1)17-11-10-15-16-13-8-4-5-9-14-13/h1-10H,11H2,(H,14,16)/b15-10+. The number of anilines is 1. The Morgan fingerprint density at radius 3 is 2.71 bits per heavy atom. The smallest absolute Gasteiger partial charge is 0.146 e. The Morgan fingerprint density at radius 2 is 1.94 bits per heavy atom. The van der Waals surface area contributed by atoms with Crippen molar-refractivity contribution in [2.24, 2.45) is 5.10 Å². The van der Waals surface area contributed by atoms with E-state index in [0.29, 0.717) is 12.4 Å². The van der Waals surface area contributed by atoms with Crippen LogP contribution in [0, 0.1) is 0 Å². The molecule has 4 heteroatoms. The Kier molecular flexibility index (Phi) is 4.11. The fourth-order valence-corrected chi connectivity index (χ4v) is 1.23. The molecule has 86 valence electrons. The molecule has 1 aromatic carbocycles. The highest BCUT2D eigenvalue weighted by Gasteiger charge is 1.88. The molecule has 0 spiro atoms. The first kappa shape index (κ1) is 11.1. The van der Waals surface area contributed by atoms with E-state index in [1.54, 1.807) is 12.4 Å². The van der Waals surface area contributed by atoms with Gasteiger partial charge in [0, 0.05) is 6.20 Å². The maximum atomic E-state index is 5.43. The lowest BCUT2D eigenvalue weighted by Crippen LogP contribution is -2.00. The van der Waals surface area contributed by atoms with Crippen LogP contribution in [0.1, 0.15) is 0 Å². The molecule has 1 heterocycles. The molecule has 0 fully saturated rings. The third-order valence-corrected chi connectivity index (χ3v) is 2.00. The topological polar surface area (TPSA) is 46.5 Å². The Balaban J connectivity index is 1.72. The van der Waals surface area contributed by atoms with Crippen molar-refractivity contribution in [2.45, 2.75) is 0 Å². The summed E-state index contributed by atoms with van der Waals surface area (Å²) in [6, 6.07) is 15.2. The highest BCUT2D eigenvalue weighted by molar-refractivity contribution is 5.60. The van der Waals surface area contributed by atoms with E-state index in [-0.39, 0.29) is 0 Å². The van der Waals surface area contributed by atoms with Gasteiger partial charge in [-0.1, -0.05) is 24.3 Å². The molecule has 4 nitrogen and oxygen atoms in total. The molecule has 0 aliphatic carbocycles. The van der Waals surface area contributed by atoms with Gasteiger partial charge in [-0.15, -0.1) is 0 Å². The maximum Gasteiger partial charge on any atom is 0.146 e. The van der Waals surface area contributed by atoms with Crippen LogP contribution in [-0.2, 0) is 0 Å². The summed E-state index contributed by atoms with van der Waals surface area (Å²) in [5.41, 5.74) is 2.81. The van der Waals surface area contributed by atoms with Gasteiger partial charge in [0.1, 0.15) is 18.2 Å². The van der Waals surface area contributed by atoms with Gasteiger partial charge in [0.2, 0.25) is 0 Å². The second-order valence-corrected chi connectivity index (χ2v) is 3.26. The Labute approximate surface area is 100.0 Å². The summed E-state index contributed by atoms with van der Waals surface area (Å²) >= 11 is 0. The van der Waals surface area contributed by atoms with Crippen LogP contribution in [0.4, 0.5) is 5.82 Å². The predicted octanol–water partition coefficient (Wildman–Crippen LogP) is 2.56. The Bertz CT molecular complexity index is 457. The maximum absolute atomic E-state index is 5.43. The minimum atomic E-state index is 0.420. The molecule has 0 radical (unpaired) electrons. The number of ether oxygens (including phenoxy) is 1. The van der Waals surface area contributed by atoms with Crippen LogP contribution in [0.5, 0.6) is 5.75 Å². The summed E-state index contributed by atoms with van der Waals surface area (Å²) in [4.78, 5) is 4.07. The van der Waals surface area contributed by atoms with Crippen molar-refractivity contribution in [1.82, 2.24) is 4.98 Å². The SMILES string of the molecule is C(/COc1ccccc1)=N\Nc1ccccn1. The normalized spacial score (nSPS) is 10.4. The van der Waals surface area contributed by atoms with Crippen LogP contribution in [0.2, 0.25) is 0 Å². The molecule has 0 aliphatic rings. The highest BCUT2D eigenvalue weighted by Crippen LogP contribution is 2.07. The molecule has 0 saturated heterocycles. The van der Waals surface area contributed by atoms with Gasteiger partial charge in [0.25, 0.3) is 0 Å². The zero-order valence-electron chi connectivity index (χ0n) is 9.28. The van der Waals surface area contributed by atoms with Crippen molar-refractivity contribution < 1.29 is 4.74 Å². The van der Waals surface area contributed by atoms with Gasteiger partial charge in [-0.2, -0.15) is 5.10 Å². The van der Waals surface area contributed by atoms with Crippen LogP contribution < -0.4 is 10.2 Å². The summed E-state index contributed by atoms with van der Waals surface area (Å²) in [7, 11) is 0. The zero-order valence-corrected chi connectivity index (χ0v) is 9.28. The molecule has 1 aromatic heterocycles. The van der Waals surface area contributed by atoms with Crippen LogP contribution in [0.3, 0.4) is 0 Å². The molecule has 0 aliphatic heterocycles. The van der Waals surface area contributed by atoms with Crippen LogP contribution in [-0.4, -0.2) is 17.8 Å². The van der Waals surface area contributed by atoms with E-state index in [9.17, 15) is 0 Å². The molecule has 0 unspecified atom stereocenters. The van der Waals surface area contributed by atoms with Crippen LogP contribution in [0.15, 0.2) is 59.8 Å². The van der Waals surface area contributed by atoms with Crippen molar-refractivity contribution in [1.29, 1.82) is 0 Å². The number of pyridine rings is 1. The number of benzene rings is 1. The molecule has 17 heavy (non-hydrogen) atoms. The molecule has 0 amide bonds. The summed E-state index contributed by atoms with van der Waals surface area (Å²) in [5.74, 6) is 1.54. The third-order valence-electron chi connectivity index (χ3n) is 2.00. The fourth-order valence-electron chi connectivity index (χ4n) is 1.23. The second-order valence-electron chi connectivity index (χ2n) is 3.26. The van der Waals surface area contributed by atoms with E-state index in [0.717, 1.165) is 5.75 Å². The van der Waals surface area contributed by atoms with Crippen molar-refractivity contribution in [3.05, 3.63) is 54.7 Å². The van der Waals surface area contributed by atoms with E-state index in [4.69, 9.17) is 4.74 Å². The van der Waals surface area contributed by atoms with Gasteiger partial charge in [-0.05, 0) is 24.3 Å². The number of nitrogens with one attached hydrogen (secondary N) is 1. The Morgan fingerprint density at radius 1 is 1.12 bits per heavy atom. The number of hydrogen-bond acceptors (Lipinski definition) is 4. The van der Waals surface area contributed by atoms with Gasteiger partial charge in [-0.25, -0.2) is 4.98 Å². The van der Waals surface area contributed by atoms with Crippen molar-refractivity contribution >= 4 is 12.0 Å². The largest absolute Gasteiger partial charge is 0.488 e. The molecule has 0 saturated carbocycles. The van der Waals surface area contributed by atoms with Crippen LogP contribution >= 0.6 is 0 Å². The van der Waals surface area contributed by atoms with Crippen molar-refractivity contribution in [3.8, 4) is 5.75 Å². The first-order valence-electron chi connectivity index (χ1n) is 5.31. The molecule has 2 rings (SSSR count). The lowest BCUT2D eigenvalue weighted by molar-refractivity contribution is 0.380. The van der Waals surface area contributed by atoms with Gasteiger partial charge in [0.15, 0.2) is 0 Å². The summed E-state index contributed by atoms with van der Waals surface area (Å²) in [6.07, 6.45) is 3.36. The fraction of sp³-hybridized carbons (Fsp3) is 0.0769. The molecule has 0 atom stereocenters. The van der Waals surface area contributed by atoms with E-state index in [1.807, 2.05) is 48.5 Å². The highest BCUT2D eigenvalue weighted by atomic mass is 16.5. The first-order chi connectivity index (χ1) is 8.45. The quantitative estimate of drug-likeness (QED) is 0.630. The minimum Gasteiger partial charge on any atom is -0.488 e. The van der Waals surface area contributed by atoms with E-state index >= 15 is 0 Å². The summed E-state index contributed by atoms with van der Waals surface area (Å²) in [5, 5.41) is 3.99. The third kappa shape index (κ3) is 3.95. The molecular formula is C13H13N3O. The lowest BCUT2D eigenvalue weighted by atomic mass is 10.3. The minimum absolute atomic E-state index is 0.420. The average molecular weight is 227 g/mol. The number of aromatic nitrogens is 1. The summed E-state index contributed by atoms with van der Waals surface area (Å²) < 4.78 is 5.43. The second kappa shape index (κ2) is 6.27. The van der Waals surface area contributed by atoms with E-state index < -0.39 is 0 Å². The van der Waals surface area contributed by atoms with Crippen molar-refractivity contribution in [2.75, 3.05) is 12.0 Å². The number of hydrogen-bond donors (Lipinski definition) is 1. The van der Waals surface area contributed by atoms with Crippen molar-refractivity contribution in [3.63, 3.8) is 0 Å². The molecule has 2 aromatic rings. The molecule has 0 bridgehead atoms. The number of hydrazone groups is 1. The van der Waals surface area contributed by atoms with E-state index in [2.05, 4.69) is 15.5 Å². The molecular weight excluding hydrogens is 214 g/mol. The summed E-state index contributed by atoms with van der Waals surface area (Å²) in [6.45, 7) is 0.420. The van der Waals surface area contributed by atoms with Crippen LogP contribution in [0.25, 0.3) is 0 Å². The lowest BCUT2D eigenvalue weighted by Gasteiger charge is -2.01. The van der Waals surface area contributed by atoms with Gasteiger partial charge >= 0.3 is 0 Å². The Hall–Kier alpha value is -2.36. The first-order valence-corrected chi connectivity index (χ1v) is 5.31. The monoisotopic (exact) mass is 227 g/mol. The average Bonchev–Trinajstić information content (AvgIpc) is 2.41.